The lowest BCUT2D eigenvalue weighted by molar-refractivity contribution is -0.122. The van der Waals surface area contributed by atoms with Crippen molar-refractivity contribution in [2.24, 2.45) is 0 Å². The number of carbonyl (C=O) groups is 1. The molecular formula is C15H19ClN2O4. The maximum Gasteiger partial charge on any atom is 0.237 e. The Morgan fingerprint density at radius 3 is 3.00 bits per heavy atom. The summed E-state index contributed by atoms with van der Waals surface area (Å²) in [6.07, 6.45) is 0.673. The van der Waals surface area contributed by atoms with Gasteiger partial charge in [0, 0.05) is 13.1 Å². The van der Waals surface area contributed by atoms with Crippen molar-refractivity contribution in [3.8, 4) is 11.5 Å². The van der Waals surface area contributed by atoms with Crippen LogP contribution in [0.4, 0.5) is 0 Å². The van der Waals surface area contributed by atoms with Crippen LogP contribution in [-0.2, 0) is 11.2 Å². The van der Waals surface area contributed by atoms with Crippen LogP contribution < -0.4 is 20.1 Å². The van der Waals surface area contributed by atoms with E-state index in [2.05, 4.69) is 10.6 Å². The first-order valence-electron chi connectivity index (χ1n) is 7.40. The molecule has 22 heavy (non-hydrogen) atoms. The van der Waals surface area contributed by atoms with Gasteiger partial charge in [-0.15, -0.1) is 0 Å². The average molecular weight is 327 g/mol. The molecule has 0 aliphatic carbocycles. The number of hydrogen-bond acceptors (Lipinski definition) is 5. The summed E-state index contributed by atoms with van der Waals surface area (Å²) in [5, 5.41) is 15.8. The predicted molar refractivity (Wildman–Crippen MR) is 81.6 cm³/mol. The van der Waals surface area contributed by atoms with Gasteiger partial charge >= 0.3 is 0 Å². The Hall–Kier alpha value is -1.50. The Bertz CT molecular complexity index is 567. The van der Waals surface area contributed by atoms with Crippen molar-refractivity contribution < 1.29 is 19.4 Å². The van der Waals surface area contributed by atoms with Crippen LogP contribution in [0.3, 0.4) is 0 Å². The van der Waals surface area contributed by atoms with Crippen molar-refractivity contribution in [2.45, 2.75) is 25.0 Å². The fourth-order valence-corrected chi connectivity index (χ4v) is 2.97. The second-order valence-electron chi connectivity index (χ2n) is 5.49. The van der Waals surface area contributed by atoms with Crippen molar-refractivity contribution in [3.63, 3.8) is 0 Å². The number of aliphatic hydroxyl groups is 1. The number of ether oxygens (including phenoxy) is 2. The van der Waals surface area contributed by atoms with Gasteiger partial charge in [0.1, 0.15) is 13.2 Å². The molecule has 0 unspecified atom stereocenters. The molecule has 2 heterocycles. The minimum absolute atomic E-state index is 0.0832. The maximum atomic E-state index is 11.9. The molecule has 0 aromatic heterocycles. The molecule has 7 heteroatoms. The molecule has 1 amide bonds. The van der Waals surface area contributed by atoms with Gasteiger partial charge in [0.2, 0.25) is 5.91 Å². The number of benzene rings is 1. The molecule has 0 spiro atoms. The molecule has 3 N–H and O–H groups in total. The molecule has 3 rings (SSSR count). The average Bonchev–Trinajstić information content (AvgIpc) is 2.94. The van der Waals surface area contributed by atoms with Crippen LogP contribution in [0.15, 0.2) is 12.1 Å². The number of aliphatic hydroxyl groups excluding tert-OH is 1. The van der Waals surface area contributed by atoms with Crippen LogP contribution in [0.25, 0.3) is 0 Å². The summed E-state index contributed by atoms with van der Waals surface area (Å²) in [4.78, 5) is 11.9. The number of nitrogens with one attached hydrogen (secondary N) is 2. The molecule has 0 radical (unpaired) electrons. The summed E-state index contributed by atoms with van der Waals surface area (Å²) >= 11 is 6.18. The van der Waals surface area contributed by atoms with Gasteiger partial charge in [-0.05, 0) is 30.5 Å². The first kappa shape index (κ1) is 15.4. The Kier molecular flexibility index (Phi) is 4.71. The van der Waals surface area contributed by atoms with Crippen LogP contribution in [0.5, 0.6) is 11.5 Å². The second-order valence-corrected chi connectivity index (χ2v) is 5.90. The molecule has 1 fully saturated rings. The van der Waals surface area contributed by atoms with Gasteiger partial charge in [-0.2, -0.15) is 0 Å². The highest BCUT2D eigenvalue weighted by Gasteiger charge is 2.27. The van der Waals surface area contributed by atoms with Gasteiger partial charge in [0.05, 0.1) is 17.2 Å². The van der Waals surface area contributed by atoms with Crippen molar-refractivity contribution in [3.05, 3.63) is 22.7 Å². The number of amides is 1. The highest BCUT2D eigenvalue weighted by atomic mass is 35.5. The van der Waals surface area contributed by atoms with E-state index in [9.17, 15) is 9.90 Å². The smallest absolute Gasteiger partial charge is 0.237 e. The topological polar surface area (TPSA) is 79.8 Å². The van der Waals surface area contributed by atoms with Crippen LogP contribution in [0, 0.1) is 0 Å². The first-order valence-corrected chi connectivity index (χ1v) is 7.78. The molecule has 0 saturated carbocycles. The number of carbonyl (C=O) groups excluding carboxylic acids is 1. The fourth-order valence-electron chi connectivity index (χ4n) is 2.68. The summed E-state index contributed by atoms with van der Waals surface area (Å²) in [5.41, 5.74) is 0.981. The Balaban J connectivity index is 1.53. The Morgan fingerprint density at radius 1 is 1.41 bits per heavy atom. The number of halogens is 1. The minimum atomic E-state index is -0.438. The summed E-state index contributed by atoms with van der Waals surface area (Å²) in [6, 6.07) is 3.42. The summed E-state index contributed by atoms with van der Waals surface area (Å²) < 4.78 is 11.0. The summed E-state index contributed by atoms with van der Waals surface area (Å²) in [6.45, 7) is 1.99. The standard InChI is InChI=1S/C15H19ClN2O4/c16-11-5-9(6-13-14(11)22-4-3-21-13)1-2-17-15(20)12-7-10(19)8-18-12/h5-6,10,12,18-19H,1-4,7-8H2,(H,17,20)/t10-,12+/m0/s1. The zero-order chi connectivity index (χ0) is 15.5. The molecular weight excluding hydrogens is 308 g/mol. The first-order chi connectivity index (χ1) is 10.6. The van der Waals surface area contributed by atoms with Gasteiger partial charge in [0.15, 0.2) is 11.5 Å². The van der Waals surface area contributed by atoms with E-state index < -0.39 is 6.10 Å². The van der Waals surface area contributed by atoms with Gasteiger partial charge in [-0.3, -0.25) is 4.79 Å². The maximum absolute atomic E-state index is 11.9. The number of fused-ring (bicyclic) bond motifs is 1. The zero-order valence-corrected chi connectivity index (χ0v) is 12.9. The molecule has 6 nitrogen and oxygen atoms in total. The van der Waals surface area contributed by atoms with E-state index in [1.54, 1.807) is 0 Å². The molecule has 2 atom stereocenters. The van der Waals surface area contributed by atoms with Gasteiger partial charge < -0.3 is 25.2 Å². The van der Waals surface area contributed by atoms with Crippen molar-refractivity contribution in [1.29, 1.82) is 0 Å². The lowest BCUT2D eigenvalue weighted by Crippen LogP contribution is -2.41. The monoisotopic (exact) mass is 326 g/mol. The predicted octanol–water partition coefficient (Wildman–Crippen LogP) is 0.493. The number of hydrogen-bond donors (Lipinski definition) is 3. The van der Waals surface area contributed by atoms with Crippen LogP contribution in [0.1, 0.15) is 12.0 Å². The molecule has 1 aromatic rings. The largest absolute Gasteiger partial charge is 0.486 e. The molecule has 2 aliphatic heterocycles. The highest BCUT2D eigenvalue weighted by molar-refractivity contribution is 6.32. The normalized spacial score (nSPS) is 23.4. The van der Waals surface area contributed by atoms with Crippen molar-refractivity contribution >= 4 is 17.5 Å². The summed E-state index contributed by atoms with van der Waals surface area (Å²) in [7, 11) is 0. The minimum Gasteiger partial charge on any atom is -0.486 e. The van der Waals surface area contributed by atoms with Crippen molar-refractivity contribution in [2.75, 3.05) is 26.3 Å². The fraction of sp³-hybridized carbons (Fsp3) is 0.533. The SMILES string of the molecule is O=C(NCCc1cc(Cl)c2c(c1)OCCO2)[C@H]1C[C@H](O)CN1. The van der Waals surface area contributed by atoms with Crippen LogP contribution in [-0.4, -0.2) is 49.5 Å². The third kappa shape index (κ3) is 3.45. The summed E-state index contributed by atoms with van der Waals surface area (Å²) in [5.74, 6) is 1.16. The van der Waals surface area contributed by atoms with Crippen LogP contribution in [0.2, 0.25) is 5.02 Å². The van der Waals surface area contributed by atoms with E-state index >= 15 is 0 Å². The number of β-amino-alcohol motifs (C(OH)–C–C–N with tert-alkyl or cyclic N) is 1. The second kappa shape index (κ2) is 6.73. The Morgan fingerprint density at radius 2 is 2.23 bits per heavy atom. The molecule has 1 saturated heterocycles. The molecule has 0 bridgehead atoms. The molecule has 120 valence electrons. The van der Waals surface area contributed by atoms with Crippen LogP contribution >= 0.6 is 11.6 Å². The third-order valence-corrected chi connectivity index (χ3v) is 4.07. The van der Waals surface area contributed by atoms with E-state index in [0.717, 1.165) is 5.56 Å². The lowest BCUT2D eigenvalue weighted by Gasteiger charge is -2.20. The zero-order valence-electron chi connectivity index (χ0n) is 12.1. The third-order valence-electron chi connectivity index (χ3n) is 3.79. The van der Waals surface area contributed by atoms with E-state index in [0.29, 0.717) is 55.7 Å². The lowest BCUT2D eigenvalue weighted by atomic mass is 10.1. The quantitative estimate of drug-likeness (QED) is 0.750. The van der Waals surface area contributed by atoms with Gasteiger partial charge in [-0.1, -0.05) is 11.6 Å². The van der Waals surface area contributed by atoms with E-state index in [4.69, 9.17) is 21.1 Å². The van der Waals surface area contributed by atoms with Gasteiger partial charge in [0.25, 0.3) is 0 Å². The van der Waals surface area contributed by atoms with Gasteiger partial charge in [-0.25, -0.2) is 0 Å². The highest BCUT2D eigenvalue weighted by Crippen LogP contribution is 2.38. The van der Waals surface area contributed by atoms with Crippen molar-refractivity contribution in [1.82, 2.24) is 10.6 Å². The molecule has 1 aromatic carbocycles. The molecule has 2 aliphatic rings. The van der Waals surface area contributed by atoms with E-state index in [-0.39, 0.29) is 11.9 Å². The Labute approximate surface area is 133 Å². The van der Waals surface area contributed by atoms with E-state index in [1.807, 2.05) is 12.1 Å². The van der Waals surface area contributed by atoms with E-state index in [1.165, 1.54) is 0 Å². The number of rotatable bonds is 4.